The third-order valence-corrected chi connectivity index (χ3v) is 2.68. The second-order valence-electron chi connectivity index (χ2n) is 3.76. The van der Waals surface area contributed by atoms with Crippen molar-refractivity contribution < 1.29 is 9.59 Å². The van der Waals surface area contributed by atoms with Gasteiger partial charge in [0.05, 0.1) is 13.1 Å². The second-order valence-corrected chi connectivity index (χ2v) is 4.19. The van der Waals surface area contributed by atoms with Crippen LogP contribution >= 0.6 is 11.6 Å². The molecule has 1 aliphatic rings. The number of rotatable bonds is 1. The van der Waals surface area contributed by atoms with E-state index in [0.29, 0.717) is 5.02 Å². The van der Waals surface area contributed by atoms with E-state index in [-0.39, 0.29) is 24.9 Å². The minimum absolute atomic E-state index is 0.203. The van der Waals surface area contributed by atoms with E-state index in [9.17, 15) is 9.59 Å². The average molecular weight is 239 g/mol. The van der Waals surface area contributed by atoms with Crippen molar-refractivity contribution in [2.75, 3.05) is 18.0 Å². The lowest BCUT2D eigenvalue weighted by molar-refractivity contribution is -0.130. The molecule has 84 valence electrons. The van der Waals surface area contributed by atoms with E-state index in [0.717, 1.165) is 11.3 Å². The summed E-state index contributed by atoms with van der Waals surface area (Å²) in [6.45, 7) is 2.31. The van der Waals surface area contributed by atoms with Gasteiger partial charge in [0.15, 0.2) is 0 Å². The maximum absolute atomic E-state index is 11.2. The number of nitrogens with zero attached hydrogens (tertiary/aromatic N) is 1. The first kappa shape index (κ1) is 11.0. The number of amides is 2. The van der Waals surface area contributed by atoms with E-state index in [1.165, 1.54) is 0 Å². The SMILES string of the molecule is Cc1cc(Cl)ccc1N1CC(=O)NC(=O)C1. The van der Waals surface area contributed by atoms with E-state index in [2.05, 4.69) is 5.32 Å². The molecule has 0 radical (unpaired) electrons. The van der Waals surface area contributed by atoms with Crippen LogP contribution in [0.3, 0.4) is 0 Å². The highest BCUT2D eigenvalue weighted by atomic mass is 35.5. The van der Waals surface area contributed by atoms with E-state index >= 15 is 0 Å². The number of anilines is 1. The number of piperazine rings is 1. The van der Waals surface area contributed by atoms with Crippen molar-refractivity contribution in [1.82, 2.24) is 5.32 Å². The van der Waals surface area contributed by atoms with Gasteiger partial charge in [-0.05, 0) is 30.7 Å². The van der Waals surface area contributed by atoms with Crippen LogP contribution in [-0.2, 0) is 9.59 Å². The van der Waals surface area contributed by atoms with Gasteiger partial charge in [-0.15, -0.1) is 0 Å². The molecule has 0 saturated carbocycles. The normalized spacial score (nSPS) is 16.2. The van der Waals surface area contributed by atoms with Crippen LogP contribution in [0.4, 0.5) is 5.69 Å². The maximum atomic E-state index is 11.2. The lowest BCUT2D eigenvalue weighted by atomic mass is 10.1. The predicted octanol–water partition coefficient (Wildman–Crippen LogP) is 1.11. The molecule has 1 saturated heterocycles. The Morgan fingerprint density at radius 1 is 1.25 bits per heavy atom. The van der Waals surface area contributed by atoms with Crippen LogP contribution < -0.4 is 10.2 Å². The Morgan fingerprint density at radius 2 is 1.88 bits per heavy atom. The van der Waals surface area contributed by atoms with Gasteiger partial charge in [-0.3, -0.25) is 14.9 Å². The van der Waals surface area contributed by atoms with Crippen molar-refractivity contribution >= 4 is 29.1 Å². The van der Waals surface area contributed by atoms with E-state index in [4.69, 9.17) is 11.6 Å². The molecule has 1 aliphatic heterocycles. The molecular weight excluding hydrogens is 228 g/mol. The van der Waals surface area contributed by atoms with Gasteiger partial charge in [-0.1, -0.05) is 11.6 Å². The zero-order valence-corrected chi connectivity index (χ0v) is 9.54. The highest BCUT2D eigenvalue weighted by Crippen LogP contribution is 2.23. The van der Waals surface area contributed by atoms with Crippen molar-refractivity contribution in [2.24, 2.45) is 0 Å². The summed E-state index contributed by atoms with van der Waals surface area (Å²) in [7, 11) is 0. The van der Waals surface area contributed by atoms with Gasteiger partial charge >= 0.3 is 0 Å². The summed E-state index contributed by atoms with van der Waals surface area (Å²) in [4.78, 5) is 24.2. The molecule has 0 aliphatic carbocycles. The fourth-order valence-corrected chi connectivity index (χ4v) is 2.01. The Labute approximate surface area is 98.2 Å². The standard InChI is InChI=1S/C11H11ClN2O2/c1-7-4-8(12)2-3-9(7)14-5-10(15)13-11(16)6-14/h2-4H,5-6H2,1H3,(H,13,15,16). The van der Waals surface area contributed by atoms with Crippen LogP contribution in [0.25, 0.3) is 0 Å². The molecular formula is C11H11ClN2O2. The van der Waals surface area contributed by atoms with Crippen molar-refractivity contribution in [3.05, 3.63) is 28.8 Å². The summed E-state index contributed by atoms with van der Waals surface area (Å²) in [5, 5.41) is 2.91. The van der Waals surface area contributed by atoms with Crippen molar-refractivity contribution in [3.63, 3.8) is 0 Å². The fraction of sp³-hybridized carbons (Fsp3) is 0.273. The smallest absolute Gasteiger partial charge is 0.246 e. The topological polar surface area (TPSA) is 49.4 Å². The molecule has 5 heteroatoms. The fourth-order valence-electron chi connectivity index (χ4n) is 1.78. The minimum Gasteiger partial charge on any atom is -0.353 e. The number of benzene rings is 1. The first-order valence-electron chi connectivity index (χ1n) is 4.90. The number of carbonyl (C=O) groups is 2. The minimum atomic E-state index is -0.273. The van der Waals surface area contributed by atoms with Gasteiger partial charge in [0.25, 0.3) is 0 Å². The van der Waals surface area contributed by atoms with Crippen LogP contribution in [0.1, 0.15) is 5.56 Å². The molecule has 1 aromatic carbocycles. The summed E-state index contributed by atoms with van der Waals surface area (Å²) in [5.41, 5.74) is 1.82. The number of imide groups is 1. The van der Waals surface area contributed by atoms with Gasteiger partial charge in [0, 0.05) is 10.7 Å². The van der Waals surface area contributed by atoms with Crippen LogP contribution in [0.2, 0.25) is 5.02 Å². The number of carbonyl (C=O) groups excluding carboxylic acids is 2. The zero-order chi connectivity index (χ0) is 11.7. The predicted molar refractivity (Wildman–Crippen MR) is 61.6 cm³/mol. The highest BCUT2D eigenvalue weighted by molar-refractivity contribution is 6.30. The molecule has 1 fully saturated rings. The maximum Gasteiger partial charge on any atom is 0.246 e. The Hall–Kier alpha value is -1.55. The monoisotopic (exact) mass is 238 g/mol. The summed E-state index contributed by atoms with van der Waals surface area (Å²) in [6.07, 6.45) is 0. The van der Waals surface area contributed by atoms with E-state index in [1.54, 1.807) is 11.0 Å². The summed E-state index contributed by atoms with van der Waals surface area (Å²) in [6, 6.07) is 5.39. The third kappa shape index (κ3) is 2.17. The molecule has 1 heterocycles. The molecule has 4 nitrogen and oxygen atoms in total. The van der Waals surface area contributed by atoms with Crippen molar-refractivity contribution in [1.29, 1.82) is 0 Å². The lowest BCUT2D eigenvalue weighted by Gasteiger charge is -2.28. The van der Waals surface area contributed by atoms with Gasteiger partial charge in [0.2, 0.25) is 11.8 Å². The molecule has 0 atom stereocenters. The largest absolute Gasteiger partial charge is 0.353 e. The van der Waals surface area contributed by atoms with Crippen LogP contribution in [-0.4, -0.2) is 24.9 Å². The molecule has 16 heavy (non-hydrogen) atoms. The Balaban J connectivity index is 2.29. The molecule has 0 bridgehead atoms. The first-order valence-corrected chi connectivity index (χ1v) is 5.28. The van der Waals surface area contributed by atoms with Crippen LogP contribution in [0, 0.1) is 6.92 Å². The van der Waals surface area contributed by atoms with Gasteiger partial charge < -0.3 is 4.90 Å². The van der Waals surface area contributed by atoms with E-state index in [1.807, 2.05) is 19.1 Å². The summed E-state index contributed by atoms with van der Waals surface area (Å²) in [5.74, 6) is -0.545. The Morgan fingerprint density at radius 3 is 2.44 bits per heavy atom. The number of hydrogen-bond donors (Lipinski definition) is 1. The van der Waals surface area contributed by atoms with Crippen LogP contribution in [0.5, 0.6) is 0 Å². The van der Waals surface area contributed by atoms with Crippen molar-refractivity contribution in [3.8, 4) is 0 Å². The summed E-state index contributed by atoms with van der Waals surface area (Å²) >= 11 is 5.85. The molecule has 2 amide bonds. The van der Waals surface area contributed by atoms with Crippen LogP contribution in [0.15, 0.2) is 18.2 Å². The third-order valence-electron chi connectivity index (χ3n) is 2.45. The Kier molecular flexibility index (Phi) is 2.83. The van der Waals surface area contributed by atoms with Gasteiger partial charge in [0.1, 0.15) is 0 Å². The van der Waals surface area contributed by atoms with Gasteiger partial charge in [-0.25, -0.2) is 0 Å². The average Bonchev–Trinajstić information content (AvgIpc) is 2.15. The van der Waals surface area contributed by atoms with Crippen molar-refractivity contribution in [2.45, 2.75) is 6.92 Å². The number of aryl methyl sites for hydroxylation is 1. The molecule has 0 unspecified atom stereocenters. The lowest BCUT2D eigenvalue weighted by Crippen LogP contribution is -2.51. The number of nitrogens with one attached hydrogen (secondary N) is 1. The van der Waals surface area contributed by atoms with Gasteiger partial charge in [-0.2, -0.15) is 0 Å². The summed E-state index contributed by atoms with van der Waals surface area (Å²) < 4.78 is 0. The second kappa shape index (κ2) is 4.14. The first-order chi connectivity index (χ1) is 7.56. The molecule has 1 aromatic rings. The number of halogens is 1. The van der Waals surface area contributed by atoms with E-state index < -0.39 is 0 Å². The molecule has 1 N–H and O–H groups in total. The molecule has 0 spiro atoms. The zero-order valence-electron chi connectivity index (χ0n) is 8.79. The Bertz CT molecular complexity index is 443. The highest BCUT2D eigenvalue weighted by Gasteiger charge is 2.23. The number of hydrogen-bond acceptors (Lipinski definition) is 3. The molecule has 2 rings (SSSR count). The quantitative estimate of drug-likeness (QED) is 0.746. The molecule has 0 aromatic heterocycles.